The fraction of sp³-hybridized carbons (Fsp3) is 0.182. The first-order valence-corrected chi connectivity index (χ1v) is 11.7. The van der Waals surface area contributed by atoms with Gasteiger partial charge in [-0.1, -0.05) is 16.5 Å². The van der Waals surface area contributed by atoms with Gasteiger partial charge in [0.2, 0.25) is 4.96 Å². The monoisotopic (exact) mass is 479 g/mol. The van der Waals surface area contributed by atoms with E-state index in [0.717, 1.165) is 37.5 Å². The van der Waals surface area contributed by atoms with Gasteiger partial charge in [-0.3, -0.25) is 0 Å². The Bertz CT molecular complexity index is 1570. The smallest absolute Gasteiger partial charge is 0.212 e. The highest BCUT2D eigenvalue weighted by Crippen LogP contribution is 2.37. The zero-order chi connectivity index (χ0) is 22.5. The maximum Gasteiger partial charge on any atom is 0.212 e. The second-order valence-electron chi connectivity index (χ2n) is 7.38. The number of furan rings is 1. The lowest BCUT2D eigenvalue weighted by molar-refractivity contribution is 0.303. The minimum Gasteiger partial charge on any atom is -0.496 e. The summed E-state index contributed by atoms with van der Waals surface area (Å²) >= 11 is 3.02. The Morgan fingerprint density at radius 1 is 1.09 bits per heavy atom. The standard InChI is InChI=1S/C22H17N5O4S2/c1-11-4-16(26-31-11)21-23-13(10-32-21)9-29-18-5-14(28-3)6-19-15(18)7-20(30-19)17-8-27-22(24-17)33-12(2)25-27/h4-8,10H,9H2,1-3H3. The van der Waals surface area contributed by atoms with Crippen LogP contribution in [-0.4, -0.2) is 31.8 Å². The van der Waals surface area contributed by atoms with Gasteiger partial charge in [0.15, 0.2) is 5.76 Å². The third-order valence-corrected chi connectivity index (χ3v) is 6.73. The molecule has 33 heavy (non-hydrogen) atoms. The van der Waals surface area contributed by atoms with Crippen LogP contribution < -0.4 is 9.47 Å². The molecular weight excluding hydrogens is 462 g/mol. The van der Waals surface area contributed by atoms with Crippen molar-refractivity contribution in [2.75, 3.05) is 7.11 Å². The highest BCUT2D eigenvalue weighted by Gasteiger charge is 2.17. The van der Waals surface area contributed by atoms with Gasteiger partial charge >= 0.3 is 0 Å². The minimum absolute atomic E-state index is 0.291. The summed E-state index contributed by atoms with van der Waals surface area (Å²) in [6.07, 6.45) is 1.86. The molecule has 6 aromatic rings. The van der Waals surface area contributed by atoms with E-state index in [1.54, 1.807) is 11.6 Å². The molecule has 0 aliphatic rings. The summed E-state index contributed by atoms with van der Waals surface area (Å²) in [7, 11) is 1.61. The summed E-state index contributed by atoms with van der Waals surface area (Å²) in [4.78, 5) is 10.1. The van der Waals surface area contributed by atoms with Crippen LogP contribution in [-0.2, 0) is 6.61 Å². The lowest BCUT2D eigenvalue weighted by Crippen LogP contribution is -1.97. The van der Waals surface area contributed by atoms with Gasteiger partial charge in [0.1, 0.15) is 50.9 Å². The van der Waals surface area contributed by atoms with Crippen molar-refractivity contribution >= 4 is 38.6 Å². The number of methoxy groups -OCH3 is 1. The van der Waals surface area contributed by atoms with Gasteiger partial charge in [0, 0.05) is 23.6 Å². The van der Waals surface area contributed by atoms with Crippen LogP contribution in [0.3, 0.4) is 0 Å². The van der Waals surface area contributed by atoms with Crippen molar-refractivity contribution in [2.45, 2.75) is 20.5 Å². The Morgan fingerprint density at radius 3 is 2.79 bits per heavy atom. The number of aryl methyl sites for hydroxylation is 2. The fourth-order valence-electron chi connectivity index (χ4n) is 3.47. The average Bonchev–Trinajstić information content (AvgIpc) is 3.59. The lowest BCUT2D eigenvalue weighted by atomic mass is 10.2. The van der Waals surface area contributed by atoms with E-state index < -0.39 is 0 Å². The molecule has 1 aromatic carbocycles. The third-order valence-electron chi connectivity index (χ3n) is 4.98. The molecule has 0 saturated carbocycles. The molecule has 0 aliphatic carbocycles. The second-order valence-corrected chi connectivity index (χ2v) is 9.40. The van der Waals surface area contributed by atoms with Crippen molar-refractivity contribution < 1.29 is 18.4 Å². The van der Waals surface area contributed by atoms with Crippen LogP contribution >= 0.6 is 22.7 Å². The van der Waals surface area contributed by atoms with Crippen LogP contribution in [0.2, 0.25) is 0 Å². The summed E-state index contributed by atoms with van der Waals surface area (Å²) in [6.45, 7) is 4.10. The Balaban J connectivity index is 1.31. The van der Waals surface area contributed by atoms with E-state index in [2.05, 4.69) is 20.2 Å². The predicted molar refractivity (Wildman–Crippen MR) is 124 cm³/mol. The first kappa shape index (κ1) is 19.9. The van der Waals surface area contributed by atoms with E-state index >= 15 is 0 Å². The van der Waals surface area contributed by atoms with Crippen LogP contribution in [0.15, 0.2) is 44.8 Å². The van der Waals surface area contributed by atoms with Crippen molar-refractivity contribution in [1.29, 1.82) is 0 Å². The molecule has 6 rings (SSSR count). The molecule has 0 unspecified atom stereocenters. The van der Waals surface area contributed by atoms with Gasteiger partial charge in [0.25, 0.3) is 0 Å². The molecule has 0 aliphatic heterocycles. The van der Waals surface area contributed by atoms with Gasteiger partial charge < -0.3 is 18.4 Å². The molecule has 0 radical (unpaired) electrons. The van der Waals surface area contributed by atoms with E-state index in [4.69, 9.17) is 18.4 Å². The van der Waals surface area contributed by atoms with Crippen molar-refractivity contribution in [3.63, 3.8) is 0 Å². The molecule has 11 heteroatoms. The number of hydrogen-bond acceptors (Lipinski definition) is 10. The number of hydrogen-bond donors (Lipinski definition) is 0. The van der Waals surface area contributed by atoms with Crippen LogP contribution in [0, 0.1) is 13.8 Å². The third kappa shape index (κ3) is 3.64. The van der Waals surface area contributed by atoms with E-state index in [9.17, 15) is 0 Å². The number of nitrogens with zero attached hydrogens (tertiary/aromatic N) is 5. The molecule has 9 nitrogen and oxygen atoms in total. The molecule has 0 fully saturated rings. The van der Waals surface area contributed by atoms with Crippen LogP contribution in [0.5, 0.6) is 11.5 Å². The summed E-state index contributed by atoms with van der Waals surface area (Å²) in [5, 5.41) is 13.0. The summed E-state index contributed by atoms with van der Waals surface area (Å²) in [6, 6.07) is 7.46. The van der Waals surface area contributed by atoms with Gasteiger partial charge in [-0.15, -0.1) is 11.3 Å². The number of thiazole rings is 1. The van der Waals surface area contributed by atoms with Gasteiger partial charge in [-0.05, 0) is 19.9 Å². The fourth-order valence-corrected chi connectivity index (χ4v) is 4.95. The number of imidazole rings is 1. The Labute approximate surface area is 195 Å². The Hall–Kier alpha value is -3.70. The molecular formula is C22H17N5O4S2. The first-order valence-electron chi connectivity index (χ1n) is 10.0. The molecule has 5 aromatic heterocycles. The molecule has 0 saturated heterocycles. The highest BCUT2D eigenvalue weighted by molar-refractivity contribution is 7.16. The van der Waals surface area contributed by atoms with Crippen molar-refractivity contribution in [3.05, 3.63) is 52.3 Å². The molecule has 5 heterocycles. The van der Waals surface area contributed by atoms with Gasteiger partial charge in [-0.2, -0.15) is 5.10 Å². The van der Waals surface area contributed by atoms with Crippen LogP contribution in [0.1, 0.15) is 16.5 Å². The van der Waals surface area contributed by atoms with Crippen LogP contribution in [0.25, 0.3) is 38.1 Å². The lowest BCUT2D eigenvalue weighted by Gasteiger charge is -2.07. The minimum atomic E-state index is 0.291. The Morgan fingerprint density at radius 2 is 2.00 bits per heavy atom. The van der Waals surface area contributed by atoms with Gasteiger partial charge in [0.05, 0.1) is 24.4 Å². The van der Waals surface area contributed by atoms with E-state index in [-0.39, 0.29) is 0 Å². The molecule has 0 amide bonds. The highest BCUT2D eigenvalue weighted by atomic mass is 32.1. The molecule has 0 N–H and O–H groups in total. The quantitative estimate of drug-likeness (QED) is 0.308. The van der Waals surface area contributed by atoms with E-state index in [1.807, 2.05) is 49.7 Å². The first-order chi connectivity index (χ1) is 16.1. The predicted octanol–water partition coefficient (Wildman–Crippen LogP) is 5.52. The number of benzene rings is 1. The SMILES string of the molecule is COc1cc(OCc2csc(-c3cc(C)on3)n2)c2cc(-c3cn4nc(C)sc4n3)oc2c1. The largest absolute Gasteiger partial charge is 0.496 e. The normalized spacial score (nSPS) is 11.6. The number of aromatic nitrogens is 5. The molecule has 0 bridgehead atoms. The van der Waals surface area contributed by atoms with E-state index in [0.29, 0.717) is 35.1 Å². The van der Waals surface area contributed by atoms with Crippen LogP contribution in [0.4, 0.5) is 0 Å². The maximum atomic E-state index is 6.14. The Kier molecular flexibility index (Phi) is 4.66. The number of ether oxygens (including phenoxy) is 2. The summed E-state index contributed by atoms with van der Waals surface area (Å²) in [5.41, 5.74) is 2.88. The average molecular weight is 480 g/mol. The topological polar surface area (TPSA) is 101 Å². The van der Waals surface area contributed by atoms with E-state index in [1.165, 1.54) is 22.7 Å². The van der Waals surface area contributed by atoms with Crippen molar-refractivity contribution in [2.24, 2.45) is 0 Å². The molecule has 166 valence electrons. The van der Waals surface area contributed by atoms with Gasteiger partial charge in [-0.25, -0.2) is 14.5 Å². The summed E-state index contributed by atoms with van der Waals surface area (Å²) < 4.78 is 24.6. The zero-order valence-corrected chi connectivity index (χ0v) is 19.5. The number of fused-ring (bicyclic) bond motifs is 2. The number of rotatable bonds is 6. The summed E-state index contributed by atoms with van der Waals surface area (Å²) in [5.74, 6) is 2.66. The molecule has 0 atom stereocenters. The van der Waals surface area contributed by atoms with Crippen molar-refractivity contribution in [1.82, 2.24) is 24.7 Å². The second kappa shape index (κ2) is 7.71. The van der Waals surface area contributed by atoms with Crippen molar-refractivity contribution in [3.8, 4) is 33.7 Å². The maximum absolute atomic E-state index is 6.14. The zero-order valence-electron chi connectivity index (χ0n) is 17.9. The molecule has 0 spiro atoms.